The molecule has 34 heavy (non-hydrogen) atoms. The lowest BCUT2D eigenvalue weighted by Gasteiger charge is -2.32. The molecule has 1 aromatic carbocycles. The second-order valence-electron chi connectivity index (χ2n) is 9.03. The Labute approximate surface area is 205 Å². The van der Waals surface area contributed by atoms with Gasteiger partial charge < -0.3 is 19.1 Å². The molecule has 2 aromatic rings. The molecular weight excluding hydrogens is 426 g/mol. The summed E-state index contributed by atoms with van der Waals surface area (Å²) in [5.74, 6) is 0.942. The zero-order valence-corrected chi connectivity index (χ0v) is 21.8. The third-order valence-electron chi connectivity index (χ3n) is 6.35. The zero-order valence-electron chi connectivity index (χ0n) is 21.8. The van der Waals surface area contributed by atoms with Gasteiger partial charge in [0.15, 0.2) is 0 Å². The van der Waals surface area contributed by atoms with Crippen LogP contribution in [0, 0.1) is 0 Å². The minimum atomic E-state index is 0.0146. The molecule has 1 atom stereocenters. The van der Waals surface area contributed by atoms with Crippen LogP contribution < -0.4 is 4.74 Å². The van der Waals surface area contributed by atoms with E-state index in [1.807, 2.05) is 29.2 Å². The van der Waals surface area contributed by atoms with Crippen molar-refractivity contribution < 1.29 is 14.3 Å². The van der Waals surface area contributed by atoms with Gasteiger partial charge >= 0.3 is 0 Å². The molecule has 0 aliphatic heterocycles. The monoisotopic (exact) mass is 469 g/mol. The molecule has 1 heterocycles. The van der Waals surface area contributed by atoms with E-state index in [4.69, 9.17) is 4.74 Å². The summed E-state index contributed by atoms with van der Waals surface area (Å²) in [6, 6.07) is 12.2. The molecule has 6 heteroatoms. The Kier molecular flexibility index (Phi) is 11.7. The summed E-state index contributed by atoms with van der Waals surface area (Å²) in [6.45, 7) is 10.4. The first-order valence-corrected chi connectivity index (χ1v) is 12.8. The van der Waals surface area contributed by atoms with Crippen LogP contribution in [0.1, 0.15) is 77.5 Å². The minimum Gasteiger partial charge on any atom is -0.497 e. The Bertz CT molecular complexity index is 893. The van der Waals surface area contributed by atoms with E-state index in [9.17, 15) is 9.59 Å². The van der Waals surface area contributed by atoms with Gasteiger partial charge in [-0.2, -0.15) is 0 Å². The van der Waals surface area contributed by atoms with Crippen molar-refractivity contribution in [3.05, 3.63) is 53.9 Å². The van der Waals surface area contributed by atoms with E-state index in [0.717, 1.165) is 49.1 Å². The van der Waals surface area contributed by atoms with Gasteiger partial charge in [0, 0.05) is 37.4 Å². The standard InChI is InChI=1S/C28H43N3O3/c1-6-9-10-16-27(32)30(17-7-2)22-28(33)31(23(4)8-3)21-25-14-12-18-29(25)20-24-13-11-15-26(19-24)34-5/h11-15,18-19,23H,6-10,16-17,20-22H2,1-5H3. The Morgan fingerprint density at radius 1 is 1.03 bits per heavy atom. The number of methoxy groups -OCH3 is 1. The van der Waals surface area contributed by atoms with E-state index in [-0.39, 0.29) is 24.4 Å². The van der Waals surface area contributed by atoms with Crippen LogP contribution in [0.5, 0.6) is 5.75 Å². The number of benzene rings is 1. The second-order valence-corrected chi connectivity index (χ2v) is 9.03. The van der Waals surface area contributed by atoms with Gasteiger partial charge in [-0.15, -0.1) is 0 Å². The van der Waals surface area contributed by atoms with E-state index in [1.54, 1.807) is 12.0 Å². The number of amides is 2. The summed E-state index contributed by atoms with van der Waals surface area (Å²) >= 11 is 0. The predicted molar refractivity (Wildman–Crippen MR) is 138 cm³/mol. The molecule has 2 rings (SSSR count). The average molecular weight is 470 g/mol. The van der Waals surface area contributed by atoms with E-state index in [2.05, 4.69) is 50.6 Å². The van der Waals surface area contributed by atoms with Gasteiger partial charge in [0.05, 0.1) is 20.2 Å². The average Bonchev–Trinajstić information content (AvgIpc) is 3.28. The zero-order chi connectivity index (χ0) is 24.9. The molecule has 0 aliphatic carbocycles. The van der Waals surface area contributed by atoms with Gasteiger partial charge in [0.2, 0.25) is 11.8 Å². The summed E-state index contributed by atoms with van der Waals surface area (Å²) in [5.41, 5.74) is 2.22. The van der Waals surface area contributed by atoms with Crippen molar-refractivity contribution in [2.75, 3.05) is 20.2 Å². The van der Waals surface area contributed by atoms with Crippen LogP contribution in [0.3, 0.4) is 0 Å². The topological polar surface area (TPSA) is 54.8 Å². The second kappa shape index (κ2) is 14.5. The molecule has 0 spiro atoms. The molecule has 6 nitrogen and oxygen atoms in total. The molecule has 0 saturated carbocycles. The molecule has 0 aliphatic rings. The van der Waals surface area contributed by atoms with E-state index >= 15 is 0 Å². The lowest BCUT2D eigenvalue weighted by molar-refractivity contribution is -0.142. The highest BCUT2D eigenvalue weighted by Gasteiger charge is 2.24. The molecule has 0 saturated heterocycles. The van der Waals surface area contributed by atoms with Crippen molar-refractivity contribution in [2.45, 2.75) is 85.4 Å². The number of hydrogen-bond donors (Lipinski definition) is 0. The third kappa shape index (κ3) is 8.23. The van der Waals surface area contributed by atoms with E-state index < -0.39 is 0 Å². The summed E-state index contributed by atoms with van der Waals surface area (Å²) in [6.07, 6.45) is 7.29. The quantitative estimate of drug-likeness (QED) is 0.324. The molecule has 0 N–H and O–H groups in total. The maximum Gasteiger partial charge on any atom is 0.242 e. The fourth-order valence-electron chi connectivity index (χ4n) is 4.10. The molecule has 0 radical (unpaired) electrons. The number of hydrogen-bond acceptors (Lipinski definition) is 3. The number of aromatic nitrogens is 1. The smallest absolute Gasteiger partial charge is 0.242 e. The van der Waals surface area contributed by atoms with Crippen molar-refractivity contribution in [3.63, 3.8) is 0 Å². The number of rotatable bonds is 15. The van der Waals surface area contributed by atoms with Crippen LogP contribution in [0.25, 0.3) is 0 Å². The van der Waals surface area contributed by atoms with Crippen LogP contribution in [0.15, 0.2) is 42.6 Å². The van der Waals surface area contributed by atoms with Gasteiger partial charge in [0.25, 0.3) is 0 Å². The maximum atomic E-state index is 13.4. The van der Waals surface area contributed by atoms with Gasteiger partial charge in [0.1, 0.15) is 5.75 Å². The number of carbonyl (C=O) groups excluding carboxylic acids is 2. The number of nitrogens with zero attached hydrogens (tertiary/aromatic N) is 3. The number of carbonyl (C=O) groups is 2. The van der Waals surface area contributed by atoms with Crippen LogP contribution in [0.2, 0.25) is 0 Å². The van der Waals surface area contributed by atoms with Crippen molar-refractivity contribution in [1.82, 2.24) is 14.4 Å². The first-order chi connectivity index (χ1) is 16.4. The Morgan fingerprint density at radius 2 is 1.82 bits per heavy atom. The lowest BCUT2D eigenvalue weighted by atomic mass is 10.1. The van der Waals surface area contributed by atoms with Crippen molar-refractivity contribution in [3.8, 4) is 5.75 Å². The predicted octanol–water partition coefficient (Wildman–Crippen LogP) is 5.49. The highest BCUT2D eigenvalue weighted by atomic mass is 16.5. The molecule has 1 aromatic heterocycles. The molecule has 2 amide bonds. The molecule has 188 valence electrons. The number of unbranched alkanes of at least 4 members (excludes halogenated alkanes) is 2. The van der Waals surface area contributed by atoms with Crippen LogP contribution in [-0.4, -0.2) is 52.4 Å². The van der Waals surface area contributed by atoms with Crippen LogP contribution >= 0.6 is 0 Å². The molecule has 0 bridgehead atoms. The van der Waals surface area contributed by atoms with E-state index in [0.29, 0.717) is 26.1 Å². The van der Waals surface area contributed by atoms with Gasteiger partial charge in [-0.3, -0.25) is 9.59 Å². The fraction of sp³-hybridized carbons (Fsp3) is 0.571. The first kappa shape index (κ1) is 27.5. The Morgan fingerprint density at radius 3 is 2.50 bits per heavy atom. The van der Waals surface area contributed by atoms with Crippen LogP contribution in [0.4, 0.5) is 0 Å². The van der Waals surface area contributed by atoms with Gasteiger partial charge in [-0.25, -0.2) is 0 Å². The number of ether oxygens (including phenoxy) is 1. The summed E-state index contributed by atoms with van der Waals surface area (Å²) < 4.78 is 7.54. The molecule has 0 fully saturated rings. The largest absolute Gasteiger partial charge is 0.497 e. The van der Waals surface area contributed by atoms with Crippen molar-refractivity contribution in [2.24, 2.45) is 0 Å². The first-order valence-electron chi connectivity index (χ1n) is 12.8. The van der Waals surface area contributed by atoms with Crippen LogP contribution in [-0.2, 0) is 22.7 Å². The third-order valence-corrected chi connectivity index (χ3v) is 6.35. The molecule has 1 unspecified atom stereocenters. The summed E-state index contributed by atoms with van der Waals surface area (Å²) in [4.78, 5) is 29.9. The Hall–Kier alpha value is -2.76. The normalized spacial score (nSPS) is 11.8. The highest BCUT2D eigenvalue weighted by molar-refractivity contribution is 5.85. The van der Waals surface area contributed by atoms with Crippen molar-refractivity contribution >= 4 is 11.8 Å². The minimum absolute atomic E-state index is 0.0146. The lowest BCUT2D eigenvalue weighted by Crippen LogP contribution is -2.46. The van der Waals surface area contributed by atoms with Gasteiger partial charge in [-0.1, -0.05) is 45.7 Å². The SMILES string of the molecule is CCCCCC(=O)N(CCC)CC(=O)N(Cc1cccn1Cc1cccc(OC)c1)C(C)CC. The van der Waals surface area contributed by atoms with E-state index in [1.165, 1.54) is 0 Å². The van der Waals surface area contributed by atoms with Crippen molar-refractivity contribution in [1.29, 1.82) is 0 Å². The maximum absolute atomic E-state index is 13.4. The molecular formula is C28H43N3O3. The fourth-order valence-corrected chi connectivity index (χ4v) is 4.10. The summed E-state index contributed by atoms with van der Waals surface area (Å²) in [7, 11) is 1.67. The highest BCUT2D eigenvalue weighted by Crippen LogP contribution is 2.18. The Balaban J connectivity index is 2.14. The van der Waals surface area contributed by atoms with Gasteiger partial charge in [-0.05, 0) is 56.0 Å². The summed E-state index contributed by atoms with van der Waals surface area (Å²) in [5, 5.41) is 0.